The van der Waals surface area contributed by atoms with Gasteiger partial charge in [0, 0.05) is 26.2 Å². The molecule has 0 atom stereocenters. The number of ether oxygens (including phenoxy) is 1. The van der Waals surface area contributed by atoms with E-state index in [1.807, 2.05) is 26.8 Å². The zero-order valence-corrected chi connectivity index (χ0v) is 14.9. The fraction of sp³-hybridized carbons (Fsp3) is 0.471. The van der Waals surface area contributed by atoms with Crippen molar-refractivity contribution in [2.24, 2.45) is 0 Å². The molecule has 24 heavy (non-hydrogen) atoms. The van der Waals surface area contributed by atoms with Gasteiger partial charge in [-0.15, -0.1) is 17.8 Å². The molecule has 7 heteroatoms. The minimum absolute atomic E-state index is 0.264. The molecule has 0 saturated carbocycles. The van der Waals surface area contributed by atoms with Gasteiger partial charge in [0.1, 0.15) is 22.6 Å². The second kappa shape index (κ2) is 6.29. The number of fused-ring (bicyclic) bond motifs is 1. The molecular formula is C17H20N4O2S. The van der Waals surface area contributed by atoms with Gasteiger partial charge in [-0.3, -0.25) is 0 Å². The van der Waals surface area contributed by atoms with E-state index in [4.69, 9.17) is 11.2 Å². The fourth-order valence-corrected chi connectivity index (χ4v) is 3.40. The molecule has 0 unspecified atom stereocenters. The normalized spacial score (nSPS) is 15.4. The molecule has 0 aromatic carbocycles. The molecule has 2 aromatic heterocycles. The van der Waals surface area contributed by atoms with E-state index in [-0.39, 0.29) is 6.09 Å². The first kappa shape index (κ1) is 16.5. The van der Waals surface area contributed by atoms with Gasteiger partial charge in [-0.1, -0.05) is 5.92 Å². The van der Waals surface area contributed by atoms with Crippen LogP contribution >= 0.6 is 11.3 Å². The zero-order chi connectivity index (χ0) is 17.3. The number of rotatable bonds is 1. The molecule has 1 aliphatic heterocycles. The van der Waals surface area contributed by atoms with Crippen molar-refractivity contribution in [3.8, 4) is 12.3 Å². The van der Waals surface area contributed by atoms with Crippen molar-refractivity contribution in [2.45, 2.75) is 26.4 Å². The van der Waals surface area contributed by atoms with Gasteiger partial charge in [0.2, 0.25) is 0 Å². The van der Waals surface area contributed by atoms with E-state index in [2.05, 4.69) is 20.8 Å². The van der Waals surface area contributed by atoms with Crippen molar-refractivity contribution in [3.05, 3.63) is 17.3 Å². The van der Waals surface area contributed by atoms with Crippen LogP contribution in [0.15, 0.2) is 12.4 Å². The Morgan fingerprint density at radius 2 is 2.00 bits per heavy atom. The van der Waals surface area contributed by atoms with Crippen LogP contribution in [0.2, 0.25) is 0 Å². The molecule has 126 valence electrons. The lowest BCUT2D eigenvalue weighted by Crippen LogP contribution is -2.50. The van der Waals surface area contributed by atoms with Crippen molar-refractivity contribution >= 4 is 33.5 Å². The van der Waals surface area contributed by atoms with E-state index in [0.29, 0.717) is 26.2 Å². The van der Waals surface area contributed by atoms with Crippen molar-refractivity contribution < 1.29 is 9.53 Å². The number of thiophene rings is 1. The van der Waals surface area contributed by atoms with Crippen LogP contribution in [0.4, 0.5) is 10.6 Å². The number of terminal acetylenes is 1. The van der Waals surface area contributed by atoms with Gasteiger partial charge in [0.15, 0.2) is 0 Å². The van der Waals surface area contributed by atoms with Gasteiger partial charge in [-0.25, -0.2) is 14.8 Å². The Morgan fingerprint density at radius 3 is 2.62 bits per heavy atom. The van der Waals surface area contributed by atoms with Crippen LogP contribution in [0.25, 0.3) is 10.2 Å². The fourth-order valence-electron chi connectivity index (χ4n) is 2.59. The lowest BCUT2D eigenvalue weighted by Gasteiger charge is -2.36. The first-order valence-corrected chi connectivity index (χ1v) is 8.63. The van der Waals surface area contributed by atoms with E-state index in [1.54, 1.807) is 11.2 Å². The van der Waals surface area contributed by atoms with Crippen molar-refractivity contribution in [2.75, 3.05) is 31.1 Å². The average Bonchev–Trinajstić information content (AvgIpc) is 2.96. The largest absolute Gasteiger partial charge is 0.444 e. The summed E-state index contributed by atoms with van der Waals surface area (Å²) in [5.74, 6) is 3.53. The number of aromatic nitrogens is 2. The summed E-state index contributed by atoms with van der Waals surface area (Å²) >= 11 is 1.49. The van der Waals surface area contributed by atoms with Gasteiger partial charge in [0.05, 0.1) is 10.3 Å². The summed E-state index contributed by atoms with van der Waals surface area (Å²) in [6.45, 7) is 8.23. The number of piperazine rings is 1. The number of hydrogen-bond donors (Lipinski definition) is 0. The Balaban J connectivity index is 1.72. The van der Waals surface area contributed by atoms with Crippen LogP contribution in [0.1, 0.15) is 25.6 Å². The minimum Gasteiger partial charge on any atom is -0.444 e. The quantitative estimate of drug-likeness (QED) is 0.745. The lowest BCUT2D eigenvalue weighted by molar-refractivity contribution is 0.0240. The van der Waals surface area contributed by atoms with E-state index in [1.165, 1.54) is 11.3 Å². The van der Waals surface area contributed by atoms with Crippen LogP contribution in [-0.2, 0) is 4.74 Å². The second-order valence-corrected chi connectivity index (χ2v) is 7.66. The highest BCUT2D eigenvalue weighted by atomic mass is 32.1. The summed E-state index contributed by atoms with van der Waals surface area (Å²) < 4.78 is 5.43. The third-order valence-corrected chi connectivity index (χ3v) is 4.66. The van der Waals surface area contributed by atoms with E-state index < -0.39 is 5.60 Å². The topological polar surface area (TPSA) is 58.6 Å². The Bertz CT molecular complexity index is 795. The highest BCUT2D eigenvalue weighted by Crippen LogP contribution is 2.30. The van der Waals surface area contributed by atoms with Gasteiger partial charge >= 0.3 is 6.09 Å². The van der Waals surface area contributed by atoms with Crippen LogP contribution in [0, 0.1) is 12.3 Å². The predicted molar refractivity (Wildman–Crippen MR) is 95.4 cm³/mol. The summed E-state index contributed by atoms with van der Waals surface area (Å²) in [4.78, 5) is 26.5. The third kappa shape index (κ3) is 3.44. The van der Waals surface area contributed by atoms with Gasteiger partial charge in [0.25, 0.3) is 0 Å². The van der Waals surface area contributed by atoms with E-state index in [9.17, 15) is 4.79 Å². The van der Waals surface area contributed by atoms with Crippen LogP contribution in [-0.4, -0.2) is 52.7 Å². The lowest BCUT2D eigenvalue weighted by atomic mass is 10.2. The van der Waals surface area contributed by atoms with Crippen molar-refractivity contribution in [1.29, 1.82) is 0 Å². The number of amides is 1. The third-order valence-electron chi connectivity index (χ3n) is 3.68. The number of anilines is 1. The summed E-state index contributed by atoms with van der Waals surface area (Å²) in [5.41, 5.74) is -0.477. The maximum Gasteiger partial charge on any atom is 0.410 e. The molecule has 1 amide bonds. The molecule has 3 heterocycles. The Kier molecular flexibility index (Phi) is 4.33. The standard InChI is InChI=1S/C17H20N4O2S/c1-5-12-10-13-14(18-11-19-15(13)24-12)20-6-8-21(9-7-20)16(22)23-17(2,3)4/h1,10-11H,6-9H2,2-4H3. The molecule has 0 radical (unpaired) electrons. The number of hydrogen-bond acceptors (Lipinski definition) is 6. The molecule has 0 N–H and O–H groups in total. The zero-order valence-electron chi connectivity index (χ0n) is 14.1. The number of carbonyl (C=O) groups excluding carboxylic acids is 1. The highest BCUT2D eigenvalue weighted by Gasteiger charge is 2.27. The minimum atomic E-state index is -0.477. The summed E-state index contributed by atoms with van der Waals surface area (Å²) in [5, 5.41) is 0.973. The molecule has 1 fully saturated rings. The molecule has 0 aliphatic carbocycles. The predicted octanol–water partition coefficient (Wildman–Crippen LogP) is 2.73. The first-order chi connectivity index (χ1) is 11.4. The van der Waals surface area contributed by atoms with Gasteiger partial charge in [-0.05, 0) is 26.8 Å². The van der Waals surface area contributed by atoms with Crippen molar-refractivity contribution in [3.63, 3.8) is 0 Å². The monoisotopic (exact) mass is 344 g/mol. The molecule has 3 rings (SSSR count). The van der Waals surface area contributed by atoms with Crippen LogP contribution in [0.5, 0.6) is 0 Å². The molecule has 0 bridgehead atoms. The van der Waals surface area contributed by atoms with Crippen molar-refractivity contribution in [1.82, 2.24) is 14.9 Å². The summed E-state index contributed by atoms with van der Waals surface area (Å²) in [6, 6.07) is 1.95. The Labute approximate surface area is 145 Å². The van der Waals surface area contributed by atoms with E-state index >= 15 is 0 Å². The van der Waals surface area contributed by atoms with Gasteiger partial charge < -0.3 is 14.5 Å². The van der Waals surface area contributed by atoms with Crippen LogP contribution in [0.3, 0.4) is 0 Å². The van der Waals surface area contributed by atoms with Crippen LogP contribution < -0.4 is 4.90 Å². The Hall–Kier alpha value is -2.33. The molecule has 0 spiro atoms. The highest BCUT2D eigenvalue weighted by molar-refractivity contribution is 7.19. The molecule has 2 aromatic rings. The second-order valence-electron chi connectivity index (χ2n) is 6.63. The smallest absolute Gasteiger partial charge is 0.410 e. The molecule has 1 saturated heterocycles. The Morgan fingerprint density at radius 1 is 1.29 bits per heavy atom. The molecule has 6 nitrogen and oxygen atoms in total. The van der Waals surface area contributed by atoms with E-state index in [0.717, 1.165) is 20.9 Å². The molecule has 1 aliphatic rings. The first-order valence-electron chi connectivity index (χ1n) is 7.81. The summed E-state index contributed by atoms with van der Waals surface area (Å²) in [6.07, 6.45) is 6.79. The van der Waals surface area contributed by atoms with Gasteiger partial charge in [-0.2, -0.15) is 0 Å². The average molecular weight is 344 g/mol. The SMILES string of the molecule is C#Cc1cc2c(N3CCN(C(=O)OC(C)(C)C)CC3)ncnc2s1. The maximum absolute atomic E-state index is 12.2. The summed E-state index contributed by atoms with van der Waals surface area (Å²) in [7, 11) is 0. The number of nitrogens with zero attached hydrogens (tertiary/aromatic N) is 4. The number of carbonyl (C=O) groups is 1. The molecular weight excluding hydrogens is 324 g/mol. The maximum atomic E-state index is 12.2.